The minimum Gasteiger partial charge on any atom is -0.495 e. The van der Waals surface area contributed by atoms with Crippen molar-refractivity contribution < 1.29 is 14.2 Å². The van der Waals surface area contributed by atoms with Crippen LogP contribution in [0.2, 0.25) is 0 Å². The van der Waals surface area contributed by atoms with Gasteiger partial charge in [-0.15, -0.1) is 0 Å². The molecule has 1 aromatic heterocycles. The van der Waals surface area contributed by atoms with Crippen molar-refractivity contribution in [1.82, 2.24) is 4.98 Å². The maximum Gasteiger partial charge on any atom is 0.137 e. The molecular formula is C14H14FNO2. The summed E-state index contributed by atoms with van der Waals surface area (Å²) >= 11 is 0. The van der Waals surface area contributed by atoms with Crippen LogP contribution < -0.4 is 4.74 Å². The molecule has 0 radical (unpaired) electrons. The molecule has 0 fully saturated rings. The molecule has 0 saturated heterocycles. The Morgan fingerprint density at radius 3 is 2.67 bits per heavy atom. The number of ether oxygens (including phenoxy) is 1. The normalized spacial score (nSPS) is 12.2. The lowest BCUT2D eigenvalue weighted by molar-refractivity contribution is 0.177. The third kappa shape index (κ3) is 3.05. The fourth-order valence-electron chi connectivity index (χ4n) is 1.69. The van der Waals surface area contributed by atoms with Gasteiger partial charge in [0, 0.05) is 18.2 Å². The molecule has 1 N–H and O–H groups in total. The molecule has 94 valence electrons. The standard InChI is InChI=1S/C14H14FNO2/c1-18-13-7-11(8-16-9-13)14(17)6-10-2-4-12(15)5-3-10/h2-5,7-9,14,17H,6H2,1H3. The molecule has 0 aliphatic rings. The fourth-order valence-corrected chi connectivity index (χ4v) is 1.69. The second kappa shape index (κ2) is 5.60. The predicted octanol–water partition coefficient (Wildman–Crippen LogP) is 2.51. The molecule has 0 spiro atoms. The van der Waals surface area contributed by atoms with Crippen molar-refractivity contribution in [2.45, 2.75) is 12.5 Å². The van der Waals surface area contributed by atoms with Crippen molar-refractivity contribution in [3.8, 4) is 5.75 Å². The van der Waals surface area contributed by atoms with E-state index in [1.807, 2.05) is 0 Å². The molecule has 0 amide bonds. The fraction of sp³-hybridized carbons (Fsp3) is 0.214. The number of aromatic nitrogens is 1. The average Bonchev–Trinajstić information content (AvgIpc) is 2.41. The van der Waals surface area contributed by atoms with Gasteiger partial charge in [-0.05, 0) is 23.8 Å². The molecule has 2 aromatic rings. The molecule has 1 atom stereocenters. The van der Waals surface area contributed by atoms with Gasteiger partial charge in [0.05, 0.1) is 19.4 Å². The molecule has 0 aliphatic carbocycles. The van der Waals surface area contributed by atoms with E-state index in [1.54, 1.807) is 37.7 Å². The van der Waals surface area contributed by atoms with Gasteiger partial charge >= 0.3 is 0 Å². The van der Waals surface area contributed by atoms with Gasteiger partial charge in [-0.25, -0.2) is 4.39 Å². The molecule has 1 heterocycles. The molecule has 0 aliphatic heterocycles. The Kier molecular flexibility index (Phi) is 3.89. The summed E-state index contributed by atoms with van der Waals surface area (Å²) in [6.07, 6.45) is 2.90. The first-order chi connectivity index (χ1) is 8.69. The van der Waals surface area contributed by atoms with Gasteiger partial charge in [-0.3, -0.25) is 4.98 Å². The molecule has 3 nitrogen and oxygen atoms in total. The summed E-state index contributed by atoms with van der Waals surface area (Å²) in [7, 11) is 1.55. The molecule has 1 aromatic carbocycles. The van der Waals surface area contributed by atoms with Crippen molar-refractivity contribution in [1.29, 1.82) is 0 Å². The van der Waals surface area contributed by atoms with Crippen LogP contribution in [0, 0.1) is 5.82 Å². The largest absolute Gasteiger partial charge is 0.495 e. The van der Waals surface area contributed by atoms with Gasteiger partial charge in [0.1, 0.15) is 11.6 Å². The van der Waals surface area contributed by atoms with Crippen LogP contribution in [-0.4, -0.2) is 17.2 Å². The Hall–Kier alpha value is -1.94. The van der Waals surface area contributed by atoms with E-state index in [0.29, 0.717) is 17.7 Å². The first-order valence-corrected chi connectivity index (χ1v) is 5.60. The van der Waals surface area contributed by atoms with Crippen molar-refractivity contribution in [2.24, 2.45) is 0 Å². The van der Waals surface area contributed by atoms with Gasteiger partial charge in [-0.1, -0.05) is 12.1 Å². The number of aliphatic hydroxyl groups is 1. The van der Waals surface area contributed by atoms with Gasteiger partial charge in [0.15, 0.2) is 0 Å². The zero-order valence-electron chi connectivity index (χ0n) is 10.0. The summed E-state index contributed by atoms with van der Waals surface area (Å²) in [4.78, 5) is 3.99. The lowest BCUT2D eigenvalue weighted by atomic mass is 10.0. The van der Waals surface area contributed by atoms with E-state index in [9.17, 15) is 9.50 Å². The van der Waals surface area contributed by atoms with E-state index in [2.05, 4.69) is 4.98 Å². The van der Waals surface area contributed by atoms with Gasteiger partial charge in [-0.2, -0.15) is 0 Å². The Bertz CT molecular complexity index is 513. The van der Waals surface area contributed by atoms with Gasteiger partial charge in [0.2, 0.25) is 0 Å². The Morgan fingerprint density at radius 1 is 1.28 bits per heavy atom. The first kappa shape index (κ1) is 12.5. The molecule has 18 heavy (non-hydrogen) atoms. The third-order valence-corrected chi connectivity index (χ3v) is 2.70. The lowest BCUT2D eigenvalue weighted by Crippen LogP contribution is -2.02. The lowest BCUT2D eigenvalue weighted by Gasteiger charge is -2.11. The summed E-state index contributed by atoms with van der Waals surface area (Å²) in [6.45, 7) is 0. The number of nitrogens with zero attached hydrogens (tertiary/aromatic N) is 1. The highest BCUT2D eigenvalue weighted by Crippen LogP contribution is 2.21. The predicted molar refractivity (Wildman–Crippen MR) is 65.9 cm³/mol. The number of hydrogen-bond donors (Lipinski definition) is 1. The maximum atomic E-state index is 12.8. The van der Waals surface area contributed by atoms with E-state index >= 15 is 0 Å². The van der Waals surface area contributed by atoms with Crippen LogP contribution in [0.5, 0.6) is 5.75 Å². The van der Waals surface area contributed by atoms with Crippen molar-refractivity contribution >= 4 is 0 Å². The second-order valence-corrected chi connectivity index (χ2v) is 4.00. The number of pyridine rings is 1. The highest BCUT2D eigenvalue weighted by atomic mass is 19.1. The van der Waals surface area contributed by atoms with Crippen LogP contribution in [0.1, 0.15) is 17.2 Å². The van der Waals surface area contributed by atoms with Crippen molar-refractivity contribution in [2.75, 3.05) is 7.11 Å². The van der Waals surface area contributed by atoms with E-state index in [1.165, 1.54) is 12.1 Å². The number of rotatable bonds is 4. The molecule has 1 unspecified atom stereocenters. The molecule has 0 saturated carbocycles. The van der Waals surface area contributed by atoms with Gasteiger partial charge in [0.25, 0.3) is 0 Å². The Labute approximate surface area is 105 Å². The number of benzene rings is 1. The zero-order valence-corrected chi connectivity index (χ0v) is 10.0. The molecular weight excluding hydrogens is 233 g/mol. The number of halogens is 1. The Balaban J connectivity index is 2.11. The monoisotopic (exact) mass is 247 g/mol. The second-order valence-electron chi connectivity index (χ2n) is 4.00. The van der Waals surface area contributed by atoms with Crippen LogP contribution in [0.3, 0.4) is 0 Å². The van der Waals surface area contributed by atoms with Crippen molar-refractivity contribution in [3.05, 3.63) is 59.7 Å². The minimum absolute atomic E-state index is 0.281. The van der Waals surface area contributed by atoms with E-state index in [0.717, 1.165) is 5.56 Å². The number of aliphatic hydroxyl groups excluding tert-OH is 1. The maximum absolute atomic E-state index is 12.8. The van der Waals surface area contributed by atoms with E-state index in [-0.39, 0.29) is 5.82 Å². The van der Waals surface area contributed by atoms with Crippen LogP contribution in [-0.2, 0) is 6.42 Å². The third-order valence-electron chi connectivity index (χ3n) is 2.70. The summed E-state index contributed by atoms with van der Waals surface area (Å²) in [5, 5.41) is 10.1. The topological polar surface area (TPSA) is 42.4 Å². The van der Waals surface area contributed by atoms with Crippen LogP contribution >= 0.6 is 0 Å². The highest BCUT2D eigenvalue weighted by molar-refractivity contribution is 5.27. The average molecular weight is 247 g/mol. The zero-order chi connectivity index (χ0) is 13.0. The smallest absolute Gasteiger partial charge is 0.137 e. The van der Waals surface area contributed by atoms with Crippen LogP contribution in [0.4, 0.5) is 4.39 Å². The summed E-state index contributed by atoms with van der Waals surface area (Å²) in [6, 6.07) is 7.82. The minimum atomic E-state index is -0.682. The summed E-state index contributed by atoms with van der Waals surface area (Å²) < 4.78 is 17.8. The molecule has 0 bridgehead atoms. The van der Waals surface area contributed by atoms with E-state index < -0.39 is 6.10 Å². The summed E-state index contributed by atoms with van der Waals surface area (Å²) in [5.41, 5.74) is 1.55. The number of methoxy groups -OCH3 is 1. The summed E-state index contributed by atoms with van der Waals surface area (Å²) in [5.74, 6) is 0.321. The van der Waals surface area contributed by atoms with Crippen LogP contribution in [0.25, 0.3) is 0 Å². The van der Waals surface area contributed by atoms with E-state index in [4.69, 9.17) is 4.74 Å². The number of hydrogen-bond acceptors (Lipinski definition) is 3. The SMILES string of the molecule is COc1cncc(C(O)Cc2ccc(F)cc2)c1. The highest BCUT2D eigenvalue weighted by Gasteiger charge is 2.10. The molecule has 4 heteroatoms. The first-order valence-electron chi connectivity index (χ1n) is 5.60. The van der Waals surface area contributed by atoms with Gasteiger partial charge < -0.3 is 9.84 Å². The van der Waals surface area contributed by atoms with Crippen molar-refractivity contribution in [3.63, 3.8) is 0 Å². The Morgan fingerprint density at radius 2 is 2.00 bits per heavy atom. The quantitative estimate of drug-likeness (QED) is 0.902. The molecule has 2 rings (SSSR count). The van der Waals surface area contributed by atoms with Crippen LogP contribution in [0.15, 0.2) is 42.7 Å².